The van der Waals surface area contributed by atoms with E-state index in [2.05, 4.69) is 13.2 Å². The smallest absolute Gasteiger partial charge is 0.0349 e. The van der Waals surface area contributed by atoms with Crippen molar-refractivity contribution in [1.82, 2.24) is 0 Å². The van der Waals surface area contributed by atoms with Crippen LogP contribution in [0.15, 0.2) is 48.7 Å². The highest BCUT2D eigenvalue weighted by atomic mass is 14.6. The molecule has 0 aliphatic heterocycles. The van der Waals surface area contributed by atoms with E-state index in [9.17, 15) is 0 Å². The molecule has 0 spiro atoms. The molecule has 0 saturated carbocycles. The van der Waals surface area contributed by atoms with Crippen LogP contribution in [0.5, 0.6) is 0 Å². The molecule has 0 aromatic heterocycles. The largest absolute Gasteiger partial charge is 0.399 e. The molecule has 2 nitrogen and oxygen atoms in total. The third-order valence-corrected chi connectivity index (χ3v) is 2.47. The number of rotatable bonds is 3. The van der Waals surface area contributed by atoms with E-state index >= 15 is 0 Å². The first-order valence-electron chi connectivity index (χ1n) is 5.10. The summed E-state index contributed by atoms with van der Waals surface area (Å²) in [5.74, 6) is 0. The lowest BCUT2D eigenvalue weighted by Crippen LogP contribution is -1.98. The summed E-state index contributed by atoms with van der Waals surface area (Å²) in [5, 5.41) is 0. The van der Waals surface area contributed by atoms with Crippen molar-refractivity contribution in [3.63, 3.8) is 0 Å². The minimum Gasteiger partial charge on any atom is -0.399 e. The van der Waals surface area contributed by atoms with Crippen molar-refractivity contribution in [3.05, 3.63) is 59.8 Å². The van der Waals surface area contributed by atoms with Gasteiger partial charge in [-0.05, 0) is 48.3 Å². The van der Waals surface area contributed by atoms with E-state index < -0.39 is 0 Å². The molecule has 2 heteroatoms. The molecule has 1 aromatic rings. The summed E-state index contributed by atoms with van der Waals surface area (Å²) >= 11 is 0. The number of hydrogen-bond acceptors (Lipinski definition) is 2. The van der Waals surface area contributed by atoms with Crippen LogP contribution in [0.1, 0.15) is 25.5 Å². The number of hydrogen-bond donors (Lipinski definition) is 2. The quantitative estimate of drug-likeness (QED) is 0.615. The van der Waals surface area contributed by atoms with Crippen molar-refractivity contribution in [3.8, 4) is 0 Å². The molecule has 1 rings (SSSR count). The minimum atomic E-state index is 0. The van der Waals surface area contributed by atoms with E-state index in [0.29, 0.717) is 5.70 Å². The average Bonchev–Trinajstić information content (AvgIpc) is 2.21. The first-order chi connectivity index (χ1) is 7.41. The Hall–Kier alpha value is -1.96. The van der Waals surface area contributed by atoms with Gasteiger partial charge in [0, 0.05) is 11.4 Å². The number of aryl methyl sites for hydroxylation is 1. The molecule has 0 amide bonds. The second kappa shape index (κ2) is 5.94. The van der Waals surface area contributed by atoms with Crippen LogP contribution in [0.3, 0.4) is 0 Å². The van der Waals surface area contributed by atoms with E-state index in [0.717, 1.165) is 28.0 Å². The maximum atomic E-state index is 5.84. The Bertz CT molecular complexity index is 468. The first-order valence-corrected chi connectivity index (χ1v) is 5.10. The molecule has 0 fully saturated rings. The highest BCUT2D eigenvalue weighted by Gasteiger charge is 2.00. The second-order valence-corrected chi connectivity index (χ2v) is 3.98. The van der Waals surface area contributed by atoms with Crippen LogP contribution in [-0.4, -0.2) is 0 Å². The van der Waals surface area contributed by atoms with Gasteiger partial charge in [0.2, 0.25) is 0 Å². The molecule has 1 aromatic carbocycles. The van der Waals surface area contributed by atoms with Crippen LogP contribution in [0.25, 0.3) is 5.57 Å². The topological polar surface area (TPSA) is 52.0 Å². The fourth-order valence-corrected chi connectivity index (χ4v) is 1.23. The van der Waals surface area contributed by atoms with Gasteiger partial charge in [0.05, 0.1) is 0 Å². The Kier molecular flexibility index (Phi) is 5.26. The van der Waals surface area contributed by atoms with Crippen molar-refractivity contribution in [1.29, 1.82) is 0 Å². The Morgan fingerprint density at radius 2 is 1.88 bits per heavy atom. The summed E-state index contributed by atoms with van der Waals surface area (Å²) in [5.41, 5.74) is 16.8. The molecule has 0 radical (unpaired) electrons. The zero-order valence-corrected chi connectivity index (χ0v) is 9.88. The van der Waals surface area contributed by atoms with Gasteiger partial charge in [-0.2, -0.15) is 0 Å². The number of benzene rings is 1. The van der Waals surface area contributed by atoms with Crippen LogP contribution in [0.4, 0.5) is 5.69 Å². The third kappa shape index (κ3) is 3.83. The lowest BCUT2D eigenvalue weighted by atomic mass is 10.0. The predicted octanol–water partition coefficient (Wildman–Crippen LogP) is 3.65. The van der Waals surface area contributed by atoms with E-state index in [-0.39, 0.29) is 7.43 Å². The SMILES string of the molecule is C.C=C(C)/C(N)=C\C(=C)c1ccc(C)c(N)c1. The standard InChI is InChI=1S/C14H18N2.CH4/c1-9(2)13(15)7-11(4)12-6-5-10(3)14(16)8-12;/h5-8H,1,4,15-16H2,2-3H3;1H4/b13-7+;. The highest BCUT2D eigenvalue weighted by Crippen LogP contribution is 2.20. The van der Waals surface area contributed by atoms with Crippen LogP contribution in [0.2, 0.25) is 0 Å². The molecule has 0 bridgehead atoms. The van der Waals surface area contributed by atoms with Crippen molar-refractivity contribution in [2.24, 2.45) is 5.73 Å². The minimum absolute atomic E-state index is 0. The monoisotopic (exact) mass is 230 g/mol. The van der Waals surface area contributed by atoms with Crippen LogP contribution in [-0.2, 0) is 0 Å². The maximum Gasteiger partial charge on any atom is 0.0349 e. The van der Waals surface area contributed by atoms with Gasteiger partial charge in [0.15, 0.2) is 0 Å². The summed E-state index contributed by atoms with van der Waals surface area (Å²) in [4.78, 5) is 0. The number of nitrogen functional groups attached to an aromatic ring is 1. The number of nitrogens with two attached hydrogens (primary N) is 2. The first kappa shape index (κ1) is 15.0. The molecular formula is C15H22N2. The molecule has 0 aliphatic carbocycles. The van der Waals surface area contributed by atoms with Crippen molar-refractivity contribution < 1.29 is 0 Å². The molecule has 92 valence electrons. The van der Waals surface area contributed by atoms with Gasteiger partial charge >= 0.3 is 0 Å². The lowest BCUT2D eigenvalue weighted by molar-refractivity contribution is 1.31. The molecular weight excluding hydrogens is 208 g/mol. The molecule has 17 heavy (non-hydrogen) atoms. The van der Waals surface area contributed by atoms with Gasteiger partial charge in [0.1, 0.15) is 0 Å². The summed E-state index contributed by atoms with van der Waals surface area (Å²) in [6.45, 7) is 11.6. The van der Waals surface area contributed by atoms with Crippen LogP contribution >= 0.6 is 0 Å². The fourth-order valence-electron chi connectivity index (χ4n) is 1.23. The van der Waals surface area contributed by atoms with Crippen molar-refractivity contribution in [2.75, 3.05) is 5.73 Å². The van der Waals surface area contributed by atoms with Gasteiger partial charge in [-0.1, -0.05) is 32.7 Å². The Balaban J connectivity index is 0.00000256. The maximum absolute atomic E-state index is 5.84. The Morgan fingerprint density at radius 1 is 1.29 bits per heavy atom. The highest BCUT2D eigenvalue weighted by molar-refractivity contribution is 5.75. The zero-order chi connectivity index (χ0) is 12.3. The predicted molar refractivity (Wildman–Crippen MR) is 78.4 cm³/mol. The zero-order valence-electron chi connectivity index (χ0n) is 9.88. The van der Waals surface area contributed by atoms with Crippen molar-refractivity contribution in [2.45, 2.75) is 21.3 Å². The van der Waals surface area contributed by atoms with E-state index in [4.69, 9.17) is 11.5 Å². The van der Waals surface area contributed by atoms with Crippen molar-refractivity contribution >= 4 is 11.3 Å². The van der Waals surface area contributed by atoms with Crippen LogP contribution < -0.4 is 11.5 Å². The third-order valence-electron chi connectivity index (χ3n) is 2.47. The lowest BCUT2D eigenvalue weighted by Gasteiger charge is -2.06. The molecule has 4 N–H and O–H groups in total. The molecule has 0 aliphatic rings. The fraction of sp³-hybridized carbons (Fsp3) is 0.200. The average molecular weight is 230 g/mol. The summed E-state index contributed by atoms with van der Waals surface area (Å²) in [6.07, 6.45) is 1.81. The van der Waals surface area contributed by atoms with Crippen LogP contribution in [0, 0.1) is 6.92 Å². The van der Waals surface area contributed by atoms with E-state index in [1.807, 2.05) is 38.1 Å². The Labute approximate surface area is 104 Å². The summed E-state index contributed by atoms with van der Waals surface area (Å²) in [6, 6.07) is 5.86. The normalized spacial score (nSPS) is 10.6. The van der Waals surface area contributed by atoms with Gasteiger partial charge in [-0.25, -0.2) is 0 Å². The Morgan fingerprint density at radius 3 is 2.35 bits per heavy atom. The number of anilines is 1. The van der Waals surface area contributed by atoms with Gasteiger partial charge in [0.25, 0.3) is 0 Å². The van der Waals surface area contributed by atoms with Gasteiger partial charge < -0.3 is 11.5 Å². The van der Waals surface area contributed by atoms with E-state index in [1.165, 1.54) is 0 Å². The molecule has 0 unspecified atom stereocenters. The molecule has 0 atom stereocenters. The van der Waals surface area contributed by atoms with E-state index in [1.54, 1.807) is 0 Å². The molecule has 0 heterocycles. The summed E-state index contributed by atoms with van der Waals surface area (Å²) in [7, 11) is 0. The van der Waals surface area contributed by atoms with Gasteiger partial charge in [-0.3, -0.25) is 0 Å². The number of allylic oxidation sites excluding steroid dienone is 3. The summed E-state index contributed by atoms with van der Waals surface area (Å²) < 4.78 is 0. The molecule has 0 saturated heterocycles. The second-order valence-electron chi connectivity index (χ2n) is 3.98. The van der Waals surface area contributed by atoms with Gasteiger partial charge in [-0.15, -0.1) is 0 Å².